The van der Waals surface area contributed by atoms with Gasteiger partial charge in [-0.1, -0.05) is 24.3 Å². The van der Waals surface area contributed by atoms with E-state index < -0.39 is 0 Å². The Morgan fingerprint density at radius 1 is 1.27 bits per heavy atom. The van der Waals surface area contributed by atoms with Gasteiger partial charge in [-0.15, -0.1) is 0 Å². The number of morpholine rings is 1. The van der Waals surface area contributed by atoms with Crippen LogP contribution in [0.15, 0.2) is 29.3 Å². The van der Waals surface area contributed by atoms with Crippen LogP contribution in [-0.4, -0.2) is 61.3 Å². The van der Waals surface area contributed by atoms with Crippen molar-refractivity contribution in [1.82, 2.24) is 15.5 Å². The van der Waals surface area contributed by atoms with Crippen LogP contribution in [-0.2, 0) is 17.8 Å². The molecule has 2 N–H and O–H groups in total. The SMILES string of the molecule is CN=C(NCc1cccc(CN2CCOCC2)c1)NCC1(C)CCCS1. The van der Waals surface area contributed by atoms with Gasteiger partial charge in [-0.3, -0.25) is 9.89 Å². The first-order chi connectivity index (χ1) is 12.7. The molecule has 1 aromatic rings. The maximum absolute atomic E-state index is 5.43. The number of rotatable bonds is 6. The highest BCUT2D eigenvalue weighted by Gasteiger charge is 2.29. The second-order valence-electron chi connectivity index (χ2n) is 7.39. The van der Waals surface area contributed by atoms with Gasteiger partial charge in [-0.05, 0) is 36.6 Å². The van der Waals surface area contributed by atoms with Crippen molar-refractivity contribution in [2.45, 2.75) is 37.6 Å². The molecule has 2 aliphatic heterocycles. The van der Waals surface area contributed by atoms with E-state index in [9.17, 15) is 0 Å². The molecule has 1 unspecified atom stereocenters. The van der Waals surface area contributed by atoms with Crippen LogP contribution in [0, 0.1) is 0 Å². The summed E-state index contributed by atoms with van der Waals surface area (Å²) >= 11 is 2.07. The first-order valence-electron chi connectivity index (χ1n) is 9.63. The van der Waals surface area contributed by atoms with Gasteiger partial charge in [0, 0.05) is 44.5 Å². The van der Waals surface area contributed by atoms with Gasteiger partial charge in [0.2, 0.25) is 0 Å². The highest BCUT2D eigenvalue weighted by molar-refractivity contribution is 8.00. The molecule has 0 saturated carbocycles. The smallest absolute Gasteiger partial charge is 0.191 e. The summed E-state index contributed by atoms with van der Waals surface area (Å²) in [5.74, 6) is 2.16. The molecule has 2 saturated heterocycles. The Morgan fingerprint density at radius 2 is 2.08 bits per heavy atom. The standard InChI is InChI=1S/C20H32N4OS/c1-20(7-4-12-26-20)16-23-19(21-2)22-14-17-5-3-6-18(13-17)15-24-8-10-25-11-9-24/h3,5-6,13H,4,7-12,14-16H2,1-2H3,(H2,21,22,23). The summed E-state index contributed by atoms with van der Waals surface area (Å²) in [4.78, 5) is 6.83. The second-order valence-corrected chi connectivity index (χ2v) is 9.07. The van der Waals surface area contributed by atoms with E-state index in [2.05, 4.69) is 63.5 Å². The van der Waals surface area contributed by atoms with Crippen LogP contribution in [0.1, 0.15) is 30.9 Å². The summed E-state index contributed by atoms with van der Waals surface area (Å²) in [7, 11) is 1.84. The molecule has 26 heavy (non-hydrogen) atoms. The average molecular weight is 377 g/mol. The molecule has 1 aromatic carbocycles. The molecule has 0 aromatic heterocycles. The molecule has 2 aliphatic rings. The Bertz CT molecular complexity index is 595. The minimum atomic E-state index is 0.343. The number of nitrogens with one attached hydrogen (secondary N) is 2. The van der Waals surface area contributed by atoms with E-state index in [0.717, 1.165) is 51.9 Å². The van der Waals surface area contributed by atoms with Crippen molar-refractivity contribution in [1.29, 1.82) is 0 Å². The number of hydrogen-bond donors (Lipinski definition) is 2. The molecule has 3 rings (SSSR count). The van der Waals surface area contributed by atoms with Crippen LogP contribution < -0.4 is 10.6 Å². The Kier molecular flexibility index (Phi) is 7.23. The van der Waals surface area contributed by atoms with Crippen LogP contribution >= 0.6 is 11.8 Å². The Morgan fingerprint density at radius 3 is 2.81 bits per heavy atom. The van der Waals surface area contributed by atoms with Crippen molar-refractivity contribution in [2.75, 3.05) is 45.6 Å². The lowest BCUT2D eigenvalue weighted by Crippen LogP contribution is -2.43. The third-order valence-corrected chi connectivity index (χ3v) is 6.65. The molecule has 1 atom stereocenters. The molecule has 2 fully saturated rings. The van der Waals surface area contributed by atoms with E-state index >= 15 is 0 Å². The topological polar surface area (TPSA) is 48.9 Å². The zero-order valence-corrected chi connectivity index (χ0v) is 16.9. The van der Waals surface area contributed by atoms with E-state index in [1.54, 1.807) is 0 Å². The molecular weight excluding hydrogens is 344 g/mol. The molecule has 0 bridgehead atoms. The minimum Gasteiger partial charge on any atom is -0.379 e. The van der Waals surface area contributed by atoms with Gasteiger partial charge < -0.3 is 15.4 Å². The highest BCUT2D eigenvalue weighted by atomic mass is 32.2. The van der Waals surface area contributed by atoms with Gasteiger partial charge in [0.15, 0.2) is 5.96 Å². The summed E-state index contributed by atoms with van der Waals surface area (Å²) in [6, 6.07) is 8.84. The van der Waals surface area contributed by atoms with E-state index in [1.165, 1.54) is 29.7 Å². The molecule has 6 heteroatoms. The van der Waals surface area contributed by atoms with Crippen LogP contribution in [0.25, 0.3) is 0 Å². The van der Waals surface area contributed by atoms with Gasteiger partial charge >= 0.3 is 0 Å². The van der Waals surface area contributed by atoms with Crippen LogP contribution in [0.3, 0.4) is 0 Å². The third-order valence-electron chi connectivity index (χ3n) is 5.12. The van der Waals surface area contributed by atoms with Crippen molar-refractivity contribution in [2.24, 2.45) is 4.99 Å². The van der Waals surface area contributed by atoms with Gasteiger partial charge in [0.25, 0.3) is 0 Å². The fourth-order valence-corrected chi connectivity index (χ4v) is 4.75. The molecule has 144 valence electrons. The van der Waals surface area contributed by atoms with E-state index in [4.69, 9.17) is 4.74 Å². The van der Waals surface area contributed by atoms with Gasteiger partial charge in [0.05, 0.1) is 13.2 Å². The lowest BCUT2D eigenvalue weighted by Gasteiger charge is -2.26. The molecule has 0 radical (unpaired) electrons. The van der Waals surface area contributed by atoms with Crippen molar-refractivity contribution in [3.8, 4) is 0 Å². The number of guanidine groups is 1. The van der Waals surface area contributed by atoms with Crippen molar-refractivity contribution < 1.29 is 4.74 Å². The van der Waals surface area contributed by atoms with Crippen molar-refractivity contribution in [3.05, 3.63) is 35.4 Å². The van der Waals surface area contributed by atoms with E-state index in [0.29, 0.717) is 4.75 Å². The maximum Gasteiger partial charge on any atom is 0.191 e. The molecule has 5 nitrogen and oxygen atoms in total. The largest absolute Gasteiger partial charge is 0.379 e. The van der Waals surface area contributed by atoms with E-state index in [-0.39, 0.29) is 0 Å². The normalized spacial score (nSPS) is 24.6. The van der Waals surface area contributed by atoms with E-state index in [1.807, 2.05) is 7.05 Å². The molecule has 0 spiro atoms. The predicted molar refractivity (Wildman–Crippen MR) is 111 cm³/mol. The lowest BCUT2D eigenvalue weighted by atomic mass is 10.1. The zero-order chi connectivity index (χ0) is 18.2. The fraction of sp³-hybridized carbons (Fsp3) is 0.650. The number of nitrogens with zero attached hydrogens (tertiary/aromatic N) is 2. The van der Waals surface area contributed by atoms with Crippen molar-refractivity contribution >= 4 is 17.7 Å². The predicted octanol–water partition coefficient (Wildman–Crippen LogP) is 2.47. The Balaban J connectivity index is 1.47. The fourth-order valence-electron chi connectivity index (χ4n) is 3.51. The minimum absolute atomic E-state index is 0.343. The maximum atomic E-state index is 5.43. The Labute approximate surface area is 162 Å². The summed E-state index contributed by atoms with van der Waals surface area (Å²) in [5, 5.41) is 6.95. The van der Waals surface area contributed by atoms with Crippen LogP contribution in [0.4, 0.5) is 0 Å². The summed E-state index contributed by atoms with van der Waals surface area (Å²) < 4.78 is 5.77. The average Bonchev–Trinajstić information content (AvgIpc) is 3.10. The quantitative estimate of drug-likeness (QED) is 0.590. The zero-order valence-electron chi connectivity index (χ0n) is 16.1. The number of ether oxygens (including phenoxy) is 1. The lowest BCUT2D eigenvalue weighted by molar-refractivity contribution is 0.0342. The molecule has 0 aliphatic carbocycles. The number of aliphatic imine (C=N–C) groups is 1. The number of hydrogen-bond acceptors (Lipinski definition) is 4. The monoisotopic (exact) mass is 376 g/mol. The first-order valence-corrected chi connectivity index (χ1v) is 10.6. The molecule has 0 amide bonds. The van der Waals surface area contributed by atoms with Crippen LogP contribution in [0.5, 0.6) is 0 Å². The summed E-state index contributed by atoms with van der Waals surface area (Å²) in [6.07, 6.45) is 2.61. The van der Waals surface area contributed by atoms with Gasteiger partial charge in [-0.2, -0.15) is 11.8 Å². The Hall–Kier alpha value is -1.24. The second kappa shape index (κ2) is 9.62. The first kappa shape index (κ1) is 19.5. The number of thioether (sulfide) groups is 1. The van der Waals surface area contributed by atoms with Gasteiger partial charge in [-0.25, -0.2) is 0 Å². The van der Waals surface area contributed by atoms with Crippen molar-refractivity contribution in [3.63, 3.8) is 0 Å². The highest BCUT2D eigenvalue weighted by Crippen LogP contribution is 2.36. The molecular formula is C20H32N4OS. The van der Waals surface area contributed by atoms with Gasteiger partial charge in [0.1, 0.15) is 0 Å². The molecule has 2 heterocycles. The number of benzene rings is 1. The summed E-state index contributed by atoms with van der Waals surface area (Å²) in [6.45, 7) is 8.85. The third kappa shape index (κ3) is 5.89. The van der Waals surface area contributed by atoms with Crippen LogP contribution in [0.2, 0.25) is 0 Å². The summed E-state index contributed by atoms with van der Waals surface area (Å²) in [5.41, 5.74) is 2.66.